The van der Waals surface area contributed by atoms with Crippen LogP contribution < -0.4 is 20.1 Å². The number of carbonyl (C=O) groups excluding carboxylic acids is 1. The molecule has 2 N–H and O–H groups in total. The highest BCUT2D eigenvalue weighted by molar-refractivity contribution is 5.83. The zero-order valence-corrected chi connectivity index (χ0v) is 20.2. The minimum atomic E-state index is -4.40. The molecular weight excluding hydrogens is 476 g/mol. The summed E-state index contributed by atoms with van der Waals surface area (Å²) in [5.74, 6) is 0.286. The molecule has 0 aliphatic carbocycles. The SMILES string of the molecule is CNC(=O)[C@H](N[C@H](CCc1ccc(C(F)(F)F)cc1)c1ccc(OC)c(OC)c1)c1ccc(F)cc1. The summed E-state index contributed by atoms with van der Waals surface area (Å²) < 4.78 is 63.1. The molecule has 5 nitrogen and oxygen atoms in total. The second kappa shape index (κ2) is 11.9. The van der Waals surface area contributed by atoms with Crippen molar-refractivity contribution in [1.82, 2.24) is 10.6 Å². The van der Waals surface area contributed by atoms with Crippen LogP contribution in [-0.4, -0.2) is 27.2 Å². The van der Waals surface area contributed by atoms with Gasteiger partial charge in [0, 0.05) is 13.1 Å². The number of methoxy groups -OCH3 is 2. The van der Waals surface area contributed by atoms with Crippen LogP contribution in [-0.2, 0) is 17.4 Å². The number of rotatable bonds is 10. The predicted octanol–water partition coefficient (Wildman–Crippen LogP) is 5.61. The van der Waals surface area contributed by atoms with E-state index in [9.17, 15) is 22.4 Å². The summed E-state index contributed by atoms with van der Waals surface area (Å²) in [6, 6.07) is 14.8. The second-order valence-electron chi connectivity index (χ2n) is 8.17. The van der Waals surface area contributed by atoms with Crippen molar-refractivity contribution in [1.29, 1.82) is 0 Å². The molecule has 0 saturated heterocycles. The molecule has 192 valence electrons. The third-order valence-electron chi connectivity index (χ3n) is 5.89. The van der Waals surface area contributed by atoms with Crippen LogP contribution in [0.1, 0.15) is 40.8 Å². The molecule has 36 heavy (non-hydrogen) atoms. The Hall–Kier alpha value is -3.59. The first-order valence-corrected chi connectivity index (χ1v) is 11.3. The lowest BCUT2D eigenvalue weighted by Crippen LogP contribution is -2.38. The van der Waals surface area contributed by atoms with Crippen LogP contribution in [0.4, 0.5) is 17.6 Å². The molecule has 0 spiro atoms. The Balaban J connectivity index is 1.93. The van der Waals surface area contributed by atoms with E-state index in [-0.39, 0.29) is 5.91 Å². The van der Waals surface area contributed by atoms with Gasteiger partial charge in [-0.05, 0) is 65.9 Å². The van der Waals surface area contributed by atoms with Gasteiger partial charge in [0.2, 0.25) is 5.91 Å². The Kier molecular flexibility index (Phi) is 8.93. The number of alkyl halides is 3. The van der Waals surface area contributed by atoms with Gasteiger partial charge in [-0.3, -0.25) is 10.1 Å². The fraction of sp³-hybridized carbons (Fsp3) is 0.296. The number of ether oxygens (including phenoxy) is 2. The summed E-state index contributed by atoms with van der Waals surface area (Å²) in [4.78, 5) is 12.8. The molecule has 3 aromatic carbocycles. The quantitative estimate of drug-likeness (QED) is 0.352. The normalized spacial score (nSPS) is 13.1. The Morgan fingerprint density at radius 1 is 0.889 bits per heavy atom. The predicted molar refractivity (Wildman–Crippen MR) is 128 cm³/mol. The van der Waals surface area contributed by atoms with E-state index in [2.05, 4.69) is 10.6 Å². The number of nitrogens with one attached hydrogen (secondary N) is 2. The average Bonchev–Trinajstić information content (AvgIpc) is 2.88. The molecule has 0 unspecified atom stereocenters. The van der Waals surface area contributed by atoms with Gasteiger partial charge in [0.15, 0.2) is 11.5 Å². The van der Waals surface area contributed by atoms with E-state index >= 15 is 0 Å². The molecular formula is C27H28F4N2O3. The van der Waals surface area contributed by atoms with Gasteiger partial charge in [0.25, 0.3) is 0 Å². The zero-order valence-electron chi connectivity index (χ0n) is 20.2. The number of benzene rings is 3. The van der Waals surface area contributed by atoms with Crippen molar-refractivity contribution in [3.05, 3.63) is 94.8 Å². The van der Waals surface area contributed by atoms with E-state index in [1.54, 1.807) is 12.1 Å². The number of hydrogen-bond donors (Lipinski definition) is 2. The van der Waals surface area contributed by atoms with E-state index in [0.717, 1.165) is 17.7 Å². The van der Waals surface area contributed by atoms with Crippen molar-refractivity contribution in [3.63, 3.8) is 0 Å². The van der Waals surface area contributed by atoms with Gasteiger partial charge < -0.3 is 14.8 Å². The van der Waals surface area contributed by atoms with Crippen LogP contribution in [0, 0.1) is 5.82 Å². The summed E-state index contributed by atoms with van der Waals surface area (Å²) in [5.41, 5.74) is 1.36. The molecule has 0 bridgehead atoms. The van der Waals surface area contributed by atoms with Gasteiger partial charge >= 0.3 is 6.18 Å². The van der Waals surface area contributed by atoms with Crippen molar-refractivity contribution >= 4 is 5.91 Å². The molecule has 3 rings (SSSR count). The molecule has 0 aliphatic rings. The Morgan fingerprint density at radius 2 is 1.50 bits per heavy atom. The number of likely N-dealkylation sites (N-methyl/N-ethyl adjacent to an activating group) is 1. The highest BCUT2D eigenvalue weighted by atomic mass is 19.4. The highest BCUT2D eigenvalue weighted by Gasteiger charge is 2.30. The summed E-state index contributed by atoms with van der Waals surface area (Å²) >= 11 is 0. The van der Waals surface area contributed by atoms with Gasteiger partial charge in [-0.1, -0.05) is 30.3 Å². The molecule has 2 atom stereocenters. The van der Waals surface area contributed by atoms with Gasteiger partial charge in [0.1, 0.15) is 11.9 Å². The van der Waals surface area contributed by atoms with E-state index in [1.165, 1.54) is 57.7 Å². The molecule has 0 aliphatic heterocycles. The summed E-state index contributed by atoms with van der Waals surface area (Å²) in [5, 5.41) is 5.96. The fourth-order valence-corrected chi connectivity index (χ4v) is 3.91. The zero-order chi connectivity index (χ0) is 26.3. The molecule has 1 amide bonds. The first-order valence-electron chi connectivity index (χ1n) is 11.3. The number of hydrogen-bond acceptors (Lipinski definition) is 4. The second-order valence-corrected chi connectivity index (χ2v) is 8.17. The van der Waals surface area contributed by atoms with Crippen LogP contribution >= 0.6 is 0 Å². The lowest BCUT2D eigenvalue weighted by molar-refractivity contribution is -0.137. The third-order valence-corrected chi connectivity index (χ3v) is 5.89. The maximum Gasteiger partial charge on any atom is 0.416 e. The lowest BCUT2D eigenvalue weighted by Gasteiger charge is -2.26. The molecule has 3 aromatic rings. The topological polar surface area (TPSA) is 59.6 Å². The number of aryl methyl sites for hydroxylation is 1. The number of halogens is 4. The Bertz CT molecular complexity index is 1150. The van der Waals surface area contributed by atoms with Crippen molar-refractivity contribution < 1.29 is 31.8 Å². The summed E-state index contributed by atoms with van der Waals surface area (Å²) in [7, 11) is 4.54. The number of amides is 1. The van der Waals surface area contributed by atoms with Crippen LogP contribution in [0.25, 0.3) is 0 Å². The standard InChI is InChI=1S/C27H28F4N2O3/c1-32-26(34)25(18-7-12-21(28)13-8-18)33-22(19-9-15-23(35-2)24(16-19)36-3)14-6-17-4-10-20(11-5-17)27(29,30)31/h4-5,7-13,15-16,22,25,33H,6,14H2,1-3H3,(H,32,34)/t22-,25-/m1/s1. The average molecular weight is 505 g/mol. The minimum absolute atomic E-state index is 0.318. The maximum atomic E-state index is 13.5. The van der Waals surface area contributed by atoms with Gasteiger partial charge in [0.05, 0.1) is 19.8 Å². The van der Waals surface area contributed by atoms with E-state index < -0.39 is 29.6 Å². The van der Waals surface area contributed by atoms with E-state index in [0.29, 0.717) is 35.5 Å². The minimum Gasteiger partial charge on any atom is -0.493 e. The van der Waals surface area contributed by atoms with Crippen LogP contribution in [0.15, 0.2) is 66.7 Å². The van der Waals surface area contributed by atoms with Crippen molar-refractivity contribution in [2.45, 2.75) is 31.1 Å². The maximum absolute atomic E-state index is 13.5. The van der Waals surface area contributed by atoms with Crippen molar-refractivity contribution in [2.24, 2.45) is 0 Å². The number of carbonyl (C=O) groups is 1. The Morgan fingerprint density at radius 3 is 2.06 bits per heavy atom. The first-order chi connectivity index (χ1) is 17.2. The monoisotopic (exact) mass is 504 g/mol. The van der Waals surface area contributed by atoms with E-state index in [1.807, 2.05) is 6.07 Å². The van der Waals surface area contributed by atoms with Crippen LogP contribution in [0.5, 0.6) is 11.5 Å². The molecule has 0 saturated carbocycles. The Labute approximate surface area is 207 Å². The first kappa shape index (κ1) is 27.0. The van der Waals surface area contributed by atoms with Gasteiger partial charge in [-0.15, -0.1) is 0 Å². The smallest absolute Gasteiger partial charge is 0.416 e. The van der Waals surface area contributed by atoms with Crippen LogP contribution in [0.3, 0.4) is 0 Å². The van der Waals surface area contributed by atoms with Crippen molar-refractivity contribution in [3.8, 4) is 11.5 Å². The lowest BCUT2D eigenvalue weighted by atomic mass is 9.95. The molecule has 9 heteroatoms. The summed E-state index contributed by atoms with van der Waals surface area (Å²) in [6.07, 6.45) is -3.51. The van der Waals surface area contributed by atoms with Gasteiger partial charge in [-0.25, -0.2) is 4.39 Å². The third kappa shape index (κ3) is 6.75. The fourth-order valence-electron chi connectivity index (χ4n) is 3.91. The molecule has 0 aromatic heterocycles. The van der Waals surface area contributed by atoms with E-state index in [4.69, 9.17) is 9.47 Å². The van der Waals surface area contributed by atoms with Crippen LogP contribution in [0.2, 0.25) is 0 Å². The largest absolute Gasteiger partial charge is 0.493 e. The molecule has 0 radical (unpaired) electrons. The summed E-state index contributed by atoms with van der Waals surface area (Å²) in [6.45, 7) is 0. The van der Waals surface area contributed by atoms with Crippen molar-refractivity contribution in [2.75, 3.05) is 21.3 Å². The molecule has 0 fully saturated rings. The van der Waals surface area contributed by atoms with Gasteiger partial charge in [-0.2, -0.15) is 13.2 Å². The highest BCUT2D eigenvalue weighted by Crippen LogP contribution is 2.33. The molecule has 0 heterocycles.